The van der Waals surface area contributed by atoms with Gasteiger partial charge in [-0.15, -0.1) is 6.42 Å². The van der Waals surface area contributed by atoms with Crippen molar-refractivity contribution in [2.24, 2.45) is 0 Å². The van der Waals surface area contributed by atoms with Crippen molar-refractivity contribution < 1.29 is 9.18 Å². The van der Waals surface area contributed by atoms with E-state index in [9.17, 15) is 9.18 Å². The first-order valence-electron chi connectivity index (χ1n) is 8.59. The number of rotatable bonds is 5. The lowest BCUT2D eigenvalue weighted by Crippen LogP contribution is -2.31. The van der Waals surface area contributed by atoms with Crippen LogP contribution in [0.4, 0.5) is 4.39 Å². The quantitative estimate of drug-likeness (QED) is 0.647. The normalized spacial score (nSPS) is 10.4. The summed E-state index contributed by atoms with van der Waals surface area (Å²) in [5.74, 6) is 1.91. The molecule has 0 aliphatic carbocycles. The minimum atomic E-state index is -0.400. The van der Waals surface area contributed by atoms with Gasteiger partial charge in [0.05, 0.1) is 24.0 Å². The van der Waals surface area contributed by atoms with Crippen molar-refractivity contribution in [2.45, 2.75) is 20.4 Å². The first kappa shape index (κ1) is 18.4. The van der Waals surface area contributed by atoms with Gasteiger partial charge in [-0.05, 0) is 31.5 Å². The third-order valence-corrected chi connectivity index (χ3v) is 4.38. The Morgan fingerprint density at radius 3 is 2.56 bits per heavy atom. The van der Waals surface area contributed by atoms with E-state index in [2.05, 4.69) is 11.0 Å². The van der Waals surface area contributed by atoms with E-state index in [1.807, 2.05) is 31.2 Å². The molecule has 3 aromatic rings. The van der Waals surface area contributed by atoms with E-state index in [0.29, 0.717) is 23.5 Å². The van der Waals surface area contributed by atoms with Gasteiger partial charge in [-0.1, -0.05) is 47.9 Å². The summed E-state index contributed by atoms with van der Waals surface area (Å²) in [7, 11) is 0. The zero-order chi connectivity index (χ0) is 19.4. The van der Waals surface area contributed by atoms with Gasteiger partial charge in [-0.3, -0.25) is 4.79 Å². The lowest BCUT2D eigenvalue weighted by atomic mass is 10.1. The second kappa shape index (κ2) is 7.88. The maximum Gasteiger partial charge on any atom is 0.258 e. The largest absolute Gasteiger partial charge is 0.323 e. The van der Waals surface area contributed by atoms with Gasteiger partial charge in [0.1, 0.15) is 11.5 Å². The zero-order valence-corrected chi connectivity index (χ0v) is 15.3. The summed E-state index contributed by atoms with van der Waals surface area (Å²) in [5.41, 5.74) is 3.41. The van der Waals surface area contributed by atoms with Gasteiger partial charge in [0, 0.05) is 6.54 Å². The van der Waals surface area contributed by atoms with E-state index >= 15 is 0 Å². The van der Waals surface area contributed by atoms with Crippen LogP contribution in [0.1, 0.15) is 27.2 Å². The number of carbonyl (C=O) groups is 1. The molecule has 0 unspecified atom stereocenters. The zero-order valence-electron chi connectivity index (χ0n) is 15.3. The number of amides is 1. The van der Waals surface area contributed by atoms with Crippen LogP contribution < -0.4 is 0 Å². The first-order chi connectivity index (χ1) is 13.0. The highest BCUT2D eigenvalue weighted by Crippen LogP contribution is 2.19. The number of aromatic nitrogens is 2. The number of aryl methyl sites for hydroxylation is 1. The lowest BCUT2D eigenvalue weighted by Gasteiger charge is -2.20. The first-order valence-corrected chi connectivity index (χ1v) is 8.59. The van der Waals surface area contributed by atoms with E-state index in [4.69, 9.17) is 6.42 Å². The molecule has 0 bridgehead atoms. The van der Waals surface area contributed by atoms with Crippen molar-refractivity contribution in [1.82, 2.24) is 14.7 Å². The Morgan fingerprint density at radius 1 is 1.19 bits per heavy atom. The van der Waals surface area contributed by atoms with Crippen LogP contribution in [0.2, 0.25) is 0 Å². The number of carbonyl (C=O) groups excluding carboxylic acids is 1. The van der Waals surface area contributed by atoms with Gasteiger partial charge in [-0.25, -0.2) is 9.07 Å². The summed E-state index contributed by atoms with van der Waals surface area (Å²) >= 11 is 0. The predicted molar refractivity (Wildman–Crippen MR) is 103 cm³/mol. The summed E-state index contributed by atoms with van der Waals surface area (Å²) in [6.45, 7) is 4.33. The fourth-order valence-corrected chi connectivity index (χ4v) is 2.88. The van der Waals surface area contributed by atoms with Crippen LogP contribution in [-0.2, 0) is 6.54 Å². The SMILES string of the molecule is C#CCN(Cc1ccc(C)cc1)C(=O)c1cnn(-c2ccccc2F)c1C. The van der Waals surface area contributed by atoms with Crippen molar-refractivity contribution >= 4 is 5.91 Å². The van der Waals surface area contributed by atoms with E-state index in [1.54, 1.807) is 30.0 Å². The van der Waals surface area contributed by atoms with Crippen LogP contribution in [-0.4, -0.2) is 27.1 Å². The molecule has 0 spiro atoms. The van der Waals surface area contributed by atoms with Gasteiger partial charge in [-0.2, -0.15) is 5.10 Å². The fraction of sp³-hybridized carbons (Fsp3) is 0.182. The molecule has 4 nitrogen and oxygen atoms in total. The van der Waals surface area contributed by atoms with E-state index in [0.717, 1.165) is 11.1 Å². The maximum absolute atomic E-state index is 14.1. The number of para-hydroxylation sites is 1. The van der Waals surface area contributed by atoms with Crippen LogP contribution in [0, 0.1) is 32.0 Å². The van der Waals surface area contributed by atoms with Gasteiger partial charge in [0.2, 0.25) is 0 Å². The van der Waals surface area contributed by atoms with Gasteiger partial charge >= 0.3 is 0 Å². The minimum absolute atomic E-state index is 0.178. The van der Waals surface area contributed by atoms with E-state index < -0.39 is 5.82 Å². The number of hydrogen-bond donors (Lipinski definition) is 0. The number of hydrogen-bond acceptors (Lipinski definition) is 2. The molecule has 0 aliphatic heterocycles. The molecule has 2 aromatic carbocycles. The molecule has 3 rings (SSSR count). The van der Waals surface area contributed by atoms with Crippen molar-refractivity contribution in [2.75, 3.05) is 6.54 Å². The highest BCUT2D eigenvalue weighted by Gasteiger charge is 2.21. The molecule has 0 N–H and O–H groups in total. The second-order valence-electron chi connectivity index (χ2n) is 6.36. The molecule has 0 fully saturated rings. The van der Waals surface area contributed by atoms with E-state index in [1.165, 1.54) is 16.9 Å². The number of benzene rings is 2. The molecule has 1 aromatic heterocycles. The predicted octanol–water partition coefficient (Wildman–Crippen LogP) is 3.90. The highest BCUT2D eigenvalue weighted by molar-refractivity contribution is 5.95. The van der Waals surface area contributed by atoms with Crippen LogP contribution >= 0.6 is 0 Å². The van der Waals surface area contributed by atoms with Crippen LogP contribution in [0.5, 0.6) is 0 Å². The van der Waals surface area contributed by atoms with Crippen molar-refractivity contribution in [3.8, 4) is 18.0 Å². The Hall–Kier alpha value is -3.39. The number of terminal acetylenes is 1. The molecule has 5 heteroatoms. The standard InChI is InChI=1S/C22H20FN3O/c1-4-13-25(15-18-11-9-16(2)10-12-18)22(27)19-14-24-26(17(19)3)21-8-6-5-7-20(21)23/h1,5-12,14H,13,15H2,2-3H3. The van der Waals surface area contributed by atoms with Crippen LogP contribution in [0.15, 0.2) is 54.7 Å². The van der Waals surface area contributed by atoms with Crippen LogP contribution in [0.25, 0.3) is 5.69 Å². The average molecular weight is 361 g/mol. The number of halogens is 1. The van der Waals surface area contributed by atoms with Gasteiger partial charge in [0.25, 0.3) is 5.91 Å². The summed E-state index contributed by atoms with van der Waals surface area (Å²) in [5, 5.41) is 4.21. The molecule has 27 heavy (non-hydrogen) atoms. The monoisotopic (exact) mass is 361 g/mol. The average Bonchev–Trinajstić information content (AvgIpc) is 3.04. The summed E-state index contributed by atoms with van der Waals surface area (Å²) < 4.78 is 15.5. The summed E-state index contributed by atoms with van der Waals surface area (Å²) in [6.07, 6.45) is 6.92. The molecule has 1 amide bonds. The topological polar surface area (TPSA) is 38.1 Å². The fourth-order valence-electron chi connectivity index (χ4n) is 2.88. The van der Waals surface area contributed by atoms with Gasteiger partial charge < -0.3 is 4.90 Å². The molecule has 0 saturated carbocycles. The third-order valence-electron chi connectivity index (χ3n) is 4.38. The third kappa shape index (κ3) is 3.90. The highest BCUT2D eigenvalue weighted by atomic mass is 19.1. The smallest absolute Gasteiger partial charge is 0.258 e. The Labute approximate surface area is 158 Å². The Balaban J connectivity index is 1.90. The van der Waals surface area contributed by atoms with Crippen molar-refractivity contribution in [1.29, 1.82) is 0 Å². The van der Waals surface area contributed by atoms with E-state index in [-0.39, 0.29) is 12.5 Å². The Bertz CT molecular complexity index is 999. The van der Waals surface area contributed by atoms with Crippen molar-refractivity contribution in [3.05, 3.63) is 82.9 Å². The lowest BCUT2D eigenvalue weighted by molar-refractivity contribution is 0.0765. The molecule has 0 atom stereocenters. The summed E-state index contributed by atoms with van der Waals surface area (Å²) in [4.78, 5) is 14.6. The summed E-state index contributed by atoms with van der Waals surface area (Å²) in [6, 6.07) is 14.3. The molecule has 0 aliphatic rings. The molecule has 0 saturated heterocycles. The second-order valence-corrected chi connectivity index (χ2v) is 6.36. The van der Waals surface area contributed by atoms with Crippen LogP contribution in [0.3, 0.4) is 0 Å². The molecule has 1 heterocycles. The molecule has 136 valence electrons. The molecular weight excluding hydrogens is 341 g/mol. The molecule has 0 radical (unpaired) electrons. The molecular formula is C22H20FN3O. The Kier molecular flexibility index (Phi) is 5.37. The van der Waals surface area contributed by atoms with Gasteiger partial charge in [0.15, 0.2) is 0 Å². The maximum atomic E-state index is 14.1. The minimum Gasteiger partial charge on any atom is -0.323 e. The number of nitrogens with zero attached hydrogens (tertiary/aromatic N) is 3. The Morgan fingerprint density at radius 2 is 1.89 bits per heavy atom. The van der Waals surface area contributed by atoms with Crippen molar-refractivity contribution in [3.63, 3.8) is 0 Å².